The van der Waals surface area contributed by atoms with Gasteiger partial charge in [-0.3, -0.25) is 0 Å². The molecule has 1 aromatic heterocycles. The zero-order valence-electron chi connectivity index (χ0n) is 14.2. The summed E-state index contributed by atoms with van der Waals surface area (Å²) >= 11 is 0. The molecule has 2 rings (SSSR count). The molecule has 0 saturated carbocycles. The Hall–Kier alpha value is -1.13. The van der Waals surface area contributed by atoms with E-state index in [0.717, 1.165) is 12.4 Å². The third-order valence-electron chi connectivity index (χ3n) is 4.46. The van der Waals surface area contributed by atoms with Crippen LogP contribution in [-0.4, -0.2) is 50.2 Å². The van der Waals surface area contributed by atoms with E-state index in [1.54, 1.807) is 0 Å². The Kier molecular flexibility index (Phi) is 5.59. The second-order valence-corrected chi connectivity index (χ2v) is 6.59. The van der Waals surface area contributed by atoms with Crippen LogP contribution in [-0.2, 0) is 6.54 Å². The molecule has 1 N–H and O–H groups in total. The molecule has 1 aliphatic heterocycles. The number of anilines is 1. The zero-order chi connectivity index (χ0) is 15.4. The van der Waals surface area contributed by atoms with Crippen molar-refractivity contribution in [1.82, 2.24) is 15.2 Å². The summed E-state index contributed by atoms with van der Waals surface area (Å²) in [7, 11) is 6.40. The average molecular weight is 290 g/mol. The predicted molar refractivity (Wildman–Crippen MR) is 90.0 cm³/mol. The van der Waals surface area contributed by atoms with Crippen molar-refractivity contribution >= 4 is 5.82 Å². The number of nitrogens with one attached hydrogen (secondary N) is 1. The lowest BCUT2D eigenvalue weighted by Crippen LogP contribution is -2.42. The van der Waals surface area contributed by atoms with E-state index in [1.807, 2.05) is 7.05 Å². The van der Waals surface area contributed by atoms with Gasteiger partial charge in [-0.2, -0.15) is 0 Å². The molecule has 0 unspecified atom stereocenters. The minimum absolute atomic E-state index is 0.464. The quantitative estimate of drug-likeness (QED) is 0.902. The number of nitrogens with zero attached hydrogens (tertiary/aromatic N) is 3. The van der Waals surface area contributed by atoms with Gasteiger partial charge in [-0.25, -0.2) is 4.98 Å². The largest absolute Gasteiger partial charge is 0.357 e. The molecular formula is C17H30N4. The molecule has 4 nitrogen and oxygen atoms in total. The third-order valence-corrected chi connectivity index (χ3v) is 4.46. The summed E-state index contributed by atoms with van der Waals surface area (Å²) in [6.45, 7) is 7.69. The van der Waals surface area contributed by atoms with Gasteiger partial charge in [0.25, 0.3) is 0 Å². The van der Waals surface area contributed by atoms with Crippen LogP contribution in [0.15, 0.2) is 12.1 Å². The number of hydrogen-bond acceptors (Lipinski definition) is 4. The van der Waals surface area contributed by atoms with Gasteiger partial charge in [-0.05, 0) is 63.6 Å². The molecule has 0 aliphatic carbocycles. The molecule has 1 saturated heterocycles. The summed E-state index contributed by atoms with van der Waals surface area (Å²) in [6.07, 6.45) is 2.45. The van der Waals surface area contributed by atoms with Crippen molar-refractivity contribution in [3.05, 3.63) is 23.4 Å². The molecule has 0 aromatic carbocycles. The summed E-state index contributed by atoms with van der Waals surface area (Å²) < 4.78 is 0. The summed E-state index contributed by atoms with van der Waals surface area (Å²) in [6, 6.07) is 5.08. The number of piperidine rings is 1. The highest BCUT2D eigenvalue weighted by Crippen LogP contribution is 2.24. The topological polar surface area (TPSA) is 31.4 Å². The van der Waals surface area contributed by atoms with Crippen LogP contribution in [0.2, 0.25) is 0 Å². The van der Waals surface area contributed by atoms with Gasteiger partial charge in [-0.1, -0.05) is 13.8 Å². The highest BCUT2D eigenvalue weighted by atomic mass is 15.2. The first-order valence-electron chi connectivity index (χ1n) is 8.08. The van der Waals surface area contributed by atoms with Crippen molar-refractivity contribution in [2.45, 2.75) is 45.2 Å². The van der Waals surface area contributed by atoms with Crippen molar-refractivity contribution < 1.29 is 0 Å². The summed E-state index contributed by atoms with van der Waals surface area (Å²) in [5.41, 5.74) is 2.52. The highest BCUT2D eigenvalue weighted by Gasteiger charge is 2.22. The van der Waals surface area contributed by atoms with Crippen molar-refractivity contribution in [3.8, 4) is 0 Å². The summed E-state index contributed by atoms with van der Waals surface area (Å²) in [4.78, 5) is 9.69. The highest BCUT2D eigenvalue weighted by molar-refractivity contribution is 5.43. The summed E-state index contributed by atoms with van der Waals surface area (Å²) in [5.74, 6) is 1.59. The monoisotopic (exact) mass is 290 g/mol. The van der Waals surface area contributed by atoms with E-state index in [4.69, 9.17) is 4.98 Å². The predicted octanol–water partition coefficient (Wildman–Crippen LogP) is 2.45. The first-order chi connectivity index (χ1) is 10.0. The van der Waals surface area contributed by atoms with Gasteiger partial charge in [0.1, 0.15) is 5.82 Å². The van der Waals surface area contributed by atoms with Crippen LogP contribution >= 0.6 is 0 Å². The molecule has 2 heterocycles. The number of pyridine rings is 1. The van der Waals surface area contributed by atoms with E-state index in [2.05, 4.69) is 55.2 Å². The maximum atomic E-state index is 4.89. The number of hydrogen-bond donors (Lipinski definition) is 1. The molecule has 1 aliphatic rings. The van der Waals surface area contributed by atoms with Gasteiger partial charge in [-0.15, -0.1) is 0 Å². The van der Waals surface area contributed by atoms with Crippen molar-refractivity contribution in [3.63, 3.8) is 0 Å². The van der Waals surface area contributed by atoms with Crippen molar-refractivity contribution in [2.24, 2.45) is 0 Å². The van der Waals surface area contributed by atoms with Gasteiger partial charge >= 0.3 is 0 Å². The lowest BCUT2D eigenvalue weighted by molar-refractivity contribution is 0.252. The van der Waals surface area contributed by atoms with Crippen LogP contribution < -0.4 is 10.2 Å². The van der Waals surface area contributed by atoms with E-state index in [9.17, 15) is 0 Å². The van der Waals surface area contributed by atoms with Crippen LogP contribution in [0.4, 0.5) is 5.82 Å². The van der Waals surface area contributed by atoms with E-state index < -0.39 is 0 Å². The number of likely N-dealkylation sites (tertiary alicyclic amines) is 1. The second-order valence-electron chi connectivity index (χ2n) is 6.59. The molecule has 21 heavy (non-hydrogen) atoms. The molecule has 0 bridgehead atoms. The van der Waals surface area contributed by atoms with Crippen LogP contribution in [0.1, 0.15) is 43.9 Å². The normalized spacial score (nSPS) is 17.4. The Morgan fingerprint density at radius 3 is 2.57 bits per heavy atom. The maximum Gasteiger partial charge on any atom is 0.129 e. The molecule has 118 valence electrons. The van der Waals surface area contributed by atoms with Gasteiger partial charge < -0.3 is 15.1 Å². The van der Waals surface area contributed by atoms with Gasteiger partial charge in [0.05, 0.1) is 0 Å². The van der Waals surface area contributed by atoms with Crippen LogP contribution in [0.3, 0.4) is 0 Å². The minimum atomic E-state index is 0.464. The Morgan fingerprint density at radius 1 is 1.33 bits per heavy atom. The van der Waals surface area contributed by atoms with Crippen LogP contribution in [0, 0.1) is 0 Å². The Morgan fingerprint density at radius 2 is 2.00 bits per heavy atom. The molecular weight excluding hydrogens is 260 g/mol. The molecule has 0 atom stereocenters. The fourth-order valence-corrected chi connectivity index (χ4v) is 2.95. The average Bonchev–Trinajstić information content (AvgIpc) is 2.47. The van der Waals surface area contributed by atoms with E-state index in [0.29, 0.717) is 12.0 Å². The van der Waals surface area contributed by atoms with Crippen LogP contribution in [0.5, 0.6) is 0 Å². The third kappa shape index (κ3) is 4.17. The lowest BCUT2D eigenvalue weighted by atomic mass is 10.0. The zero-order valence-corrected chi connectivity index (χ0v) is 14.2. The molecule has 0 amide bonds. The van der Waals surface area contributed by atoms with Crippen molar-refractivity contribution in [2.75, 3.05) is 39.1 Å². The van der Waals surface area contributed by atoms with E-state index in [-0.39, 0.29) is 0 Å². The van der Waals surface area contributed by atoms with Gasteiger partial charge in [0, 0.05) is 25.3 Å². The standard InChI is InChI=1S/C17H30N4/c1-13(2)16-10-14(12-18-3)11-17(19-16)21(5)15-6-8-20(4)9-7-15/h10-11,13,15,18H,6-9,12H2,1-5H3. The van der Waals surface area contributed by atoms with Crippen LogP contribution in [0.25, 0.3) is 0 Å². The van der Waals surface area contributed by atoms with E-state index in [1.165, 1.54) is 37.2 Å². The molecule has 4 heteroatoms. The molecule has 0 spiro atoms. The Balaban J connectivity index is 2.20. The van der Waals surface area contributed by atoms with Gasteiger partial charge in [0.15, 0.2) is 0 Å². The first-order valence-corrected chi connectivity index (χ1v) is 8.08. The smallest absolute Gasteiger partial charge is 0.129 e. The Labute approximate surface area is 129 Å². The first kappa shape index (κ1) is 16.2. The second kappa shape index (κ2) is 7.23. The number of rotatable bonds is 5. The Bertz CT molecular complexity index is 450. The van der Waals surface area contributed by atoms with Crippen molar-refractivity contribution in [1.29, 1.82) is 0 Å². The minimum Gasteiger partial charge on any atom is -0.357 e. The maximum absolute atomic E-state index is 4.89. The molecule has 1 fully saturated rings. The fraction of sp³-hybridized carbons (Fsp3) is 0.706. The lowest BCUT2D eigenvalue weighted by Gasteiger charge is -2.36. The van der Waals surface area contributed by atoms with E-state index >= 15 is 0 Å². The van der Waals surface area contributed by atoms with Gasteiger partial charge in [0.2, 0.25) is 0 Å². The summed E-state index contributed by atoms with van der Waals surface area (Å²) in [5, 5.41) is 3.25. The fourth-order valence-electron chi connectivity index (χ4n) is 2.95. The molecule has 1 aromatic rings. The number of aromatic nitrogens is 1. The molecule has 0 radical (unpaired) electrons. The SMILES string of the molecule is CNCc1cc(C(C)C)nc(N(C)C2CCN(C)CC2)c1.